The van der Waals surface area contributed by atoms with Crippen molar-refractivity contribution in [3.8, 4) is 0 Å². The molecule has 0 aliphatic heterocycles. The predicted octanol–water partition coefficient (Wildman–Crippen LogP) is 4.56. The number of hydrogen-bond acceptors (Lipinski definition) is 3. The van der Waals surface area contributed by atoms with Gasteiger partial charge < -0.3 is 5.32 Å². The van der Waals surface area contributed by atoms with Gasteiger partial charge in [-0.3, -0.25) is 9.59 Å². The molecule has 0 spiro atoms. The van der Waals surface area contributed by atoms with Gasteiger partial charge in [-0.1, -0.05) is 37.1 Å². The van der Waals surface area contributed by atoms with Crippen molar-refractivity contribution in [1.29, 1.82) is 0 Å². The lowest BCUT2D eigenvalue weighted by Crippen LogP contribution is -2.48. The fraction of sp³-hybridized carbons (Fsp3) is 0.565. The quantitative estimate of drug-likeness (QED) is 0.708. The zero-order valence-electron chi connectivity index (χ0n) is 16.2. The van der Waals surface area contributed by atoms with E-state index in [1.54, 1.807) is 6.92 Å². The normalized spacial score (nSPS) is 31.0. The summed E-state index contributed by atoms with van der Waals surface area (Å²) in [5.41, 5.74) is 3.34. The molecule has 3 nitrogen and oxygen atoms in total. The van der Waals surface area contributed by atoms with Crippen molar-refractivity contribution in [2.45, 2.75) is 58.4 Å². The first-order valence-corrected chi connectivity index (χ1v) is 10.7. The SMILES string of the molecule is CC(=O)[C@]12CC1[C@H](C(=O)N[C@H](/C(=C/S)c1ccccc1C)C1CCCC1)C2. The number of hydrogen-bond donors (Lipinski definition) is 2. The molecule has 0 heterocycles. The number of carbonyl (C=O) groups excluding carboxylic acids is 2. The van der Waals surface area contributed by atoms with Crippen LogP contribution in [-0.4, -0.2) is 17.7 Å². The molecular formula is C23H29NO2S. The lowest BCUT2D eigenvalue weighted by Gasteiger charge is -2.35. The molecule has 3 saturated carbocycles. The Labute approximate surface area is 167 Å². The number of rotatable bonds is 6. The summed E-state index contributed by atoms with van der Waals surface area (Å²) in [5, 5.41) is 5.26. The number of amides is 1. The summed E-state index contributed by atoms with van der Waals surface area (Å²) < 4.78 is 0. The lowest BCUT2D eigenvalue weighted by molar-refractivity contribution is -0.134. The smallest absolute Gasteiger partial charge is 0.223 e. The van der Waals surface area contributed by atoms with Gasteiger partial charge in [-0.15, -0.1) is 0 Å². The van der Waals surface area contributed by atoms with Crippen LogP contribution in [0.15, 0.2) is 29.7 Å². The van der Waals surface area contributed by atoms with E-state index in [-0.39, 0.29) is 35.0 Å². The van der Waals surface area contributed by atoms with E-state index < -0.39 is 0 Å². The van der Waals surface area contributed by atoms with Crippen molar-refractivity contribution in [2.75, 3.05) is 0 Å². The number of ketones is 1. The average molecular weight is 384 g/mol. The van der Waals surface area contributed by atoms with Crippen molar-refractivity contribution in [1.82, 2.24) is 5.32 Å². The topological polar surface area (TPSA) is 46.2 Å². The molecule has 3 aliphatic rings. The fourth-order valence-electron chi connectivity index (χ4n) is 5.51. The van der Waals surface area contributed by atoms with Gasteiger partial charge in [-0.05, 0) is 73.5 Å². The zero-order chi connectivity index (χ0) is 19.2. The Balaban J connectivity index is 1.54. The molecular weight excluding hydrogens is 354 g/mol. The number of aryl methyl sites for hydroxylation is 1. The van der Waals surface area contributed by atoms with E-state index in [1.165, 1.54) is 24.0 Å². The van der Waals surface area contributed by atoms with Crippen LogP contribution in [0.1, 0.15) is 56.6 Å². The summed E-state index contributed by atoms with van der Waals surface area (Å²) in [6.45, 7) is 3.78. The van der Waals surface area contributed by atoms with Crippen LogP contribution in [0, 0.1) is 30.1 Å². The van der Waals surface area contributed by atoms with Gasteiger partial charge in [0.15, 0.2) is 0 Å². The summed E-state index contributed by atoms with van der Waals surface area (Å²) in [6, 6.07) is 8.32. The molecule has 0 bridgehead atoms. The number of Topliss-reactive ketones (excluding diaryl/α,β-unsaturated/α-hetero) is 1. The van der Waals surface area contributed by atoms with E-state index in [1.807, 2.05) is 17.5 Å². The van der Waals surface area contributed by atoms with E-state index >= 15 is 0 Å². The predicted molar refractivity (Wildman–Crippen MR) is 111 cm³/mol. The first-order valence-electron chi connectivity index (χ1n) is 10.2. The zero-order valence-corrected chi connectivity index (χ0v) is 17.1. The second-order valence-corrected chi connectivity index (χ2v) is 9.02. The van der Waals surface area contributed by atoms with Gasteiger partial charge in [0.2, 0.25) is 5.91 Å². The minimum Gasteiger partial charge on any atom is -0.349 e. The fourth-order valence-corrected chi connectivity index (χ4v) is 5.81. The van der Waals surface area contributed by atoms with Crippen molar-refractivity contribution in [3.63, 3.8) is 0 Å². The third-order valence-electron chi connectivity index (χ3n) is 7.34. The van der Waals surface area contributed by atoms with Crippen molar-refractivity contribution < 1.29 is 9.59 Å². The van der Waals surface area contributed by atoms with Crippen LogP contribution >= 0.6 is 12.6 Å². The van der Waals surface area contributed by atoms with Gasteiger partial charge in [0.1, 0.15) is 5.78 Å². The van der Waals surface area contributed by atoms with Crippen LogP contribution in [0.5, 0.6) is 0 Å². The van der Waals surface area contributed by atoms with Gasteiger partial charge in [-0.2, -0.15) is 12.6 Å². The van der Waals surface area contributed by atoms with E-state index in [0.29, 0.717) is 5.92 Å². The second kappa shape index (κ2) is 7.12. The Morgan fingerprint density at radius 2 is 1.93 bits per heavy atom. The molecule has 4 atom stereocenters. The number of carbonyl (C=O) groups is 2. The Bertz CT molecular complexity index is 795. The maximum atomic E-state index is 13.1. The summed E-state index contributed by atoms with van der Waals surface area (Å²) in [6.07, 6.45) is 6.39. The highest BCUT2D eigenvalue weighted by Gasteiger charge is 2.71. The van der Waals surface area contributed by atoms with E-state index in [9.17, 15) is 9.59 Å². The molecule has 4 heteroatoms. The second-order valence-electron chi connectivity index (χ2n) is 8.76. The minimum atomic E-state index is -0.150. The van der Waals surface area contributed by atoms with Gasteiger partial charge >= 0.3 is 0 Å². The molecule has 0 radical (unpaired) electrons. The number of benzene rings is 1. The van der Waals surface area contributed by atoms with Crippen LogP contribution in [0.25, 0.3) is 5.57 Å². The average Bonchev–Trinajstić information content (AvgIpc) is 2.99. The van der Waals surface area contributed by atoms with E-state index in [4.69, 9.17) is 0 Å². The molecule has 27 heavy (non-hydrogen) atoms. The molecule has 1 unspecified atom stereocenters. The molecule has 1 aromatic rings. The standard InChI is InChI=1S/C23H29NO2S/c1-14-7-3-6-10-17(14)19(13-27)21(16-8-4-5-9-16)24-22(26)18-11-23(15(2)25)12-20(18)23/h3,6-7,10,13,16,18,20-21,27H,4-5,8-9,11-12H2,1-2H3,(H,24,26)/b19-13+/t18-,20?,21+,23+/m1/s1. The number of nitrogens with one attached hydrogen (secondary N) is 1. The van der Waals surface area contributed by atoms with Gasteiger partial charge in [-0.25, -0.2) is 0 Å². The molecule has 1 amide bonds. The highest BCUT2D eigenvalue weighted by Crippen LogP contribution is 2.71. The molecule has 3 aliphatic carbocycles. The molecule has 1 aromatic carbocycles. The minimum absolute atomic E-state index is 0.00433. The van der Waals surface area contributed by atoms with Crippen LogP contribution in [0.3, 0.4) is 0 Å². The Morgan fingerprint density at radius 1 is 1.22 bits per heavy atom. The van der Waals surface area contributed by atoms with E-state index in [0.717, 1.165) is 31.3 Å². The van der Waals surface area contributed by atoms with Gasteiger partial charge in [0, 0.05) is 11.3 Å². The molecule has 4 rings (SSSR count). The highest BCUT2D eigenvalue weighted by molar-refractivity contribution is 7.83. The van der Waals surface area contributed by atoms with Gasteiger partial charge in [0.05, 0.1) is 6.04 Å². The molecule has 0 saturated heterocycles. The van der Waals surface area contributed by atoms with Crippen LogP contribution < -0.4 is 5.32 Å². The summed E-state index contributed by atoms with van der Waals surface area (Å²) in [5.74, 6) is 1.15. The third kappa shape index (κ3) is 3.16. The van der Waals surface area contributed by atoms with Crippen molar-refractivity contribution >= 4 is 29.9 Å². The third-order valence-corrected chi connectivity index (χ3v) is 7.62. The Morgan fingerprint density at radius 3 is 2.48 bits per heavy atom. The monoisotopic (exact) mass is 383 g/mol. The Kier molecular flexibility index (Phi) is 4.96. The van der Waals surface area contributed by atoms with Crippen LogP contribution in [0.2, 0.25) is 0 Å². The molecule has 144 valence electrons. The van der Waals surface area contributed by atoms with Crippen LogP contribution in [-0.2, 0) is 9.59 Å². The maximum Gasteiger partial charge on any atom is 0.223 e. The first kappa shape index (κ1) is 18.8. The van der Waals surface area contributed by atoms with Crippen molar-refractivity contribution in [3.05, 3.63) is 40.8 Å². The molecule has 3 fully saturated rings. The largest absolute Gasteiger partial charge is 0.349 e. The molecule has 1 N–H and O–H groups in total. The van der Waals surface area contributed by atoms with Crippen LogP contribution in [0.4, 0.5) is 0 Å². The number of fused-ring (bicyclic) bond motifs is 1. The number of thiol groups is 1. The van der Waals surface area contributed by atoms with Crippen molar-refractivity contribution in [2.24, 2.45) is 23.2 Å². The summed E-state index contributed by atoms with van der Waals surface area (Å²) in [4.78, 5) is 24.9. The van der Waals surface area contributed by atoms with Gasteiger partial charge in [0.25, 0.3) is 0 Å². The summed E-state index contributed by atoms with van der Waals surface area (Å²) >= 11 is 4.53. The highest BCUT2D eigenvalue weighted by atomic mass is 32.1. The first-order chi connectivity index (χ1) is 13.0. The maximum absolute atomic E-state index is 13.1. The lowest BCUT2D eigenvalue weighted by atomic mass is 9.72. The summed E-state index contributed by atoms with van der Waals surface area (Å²) in [7, 11) is 0. The van der Waals surface area contributed by atoms with E-state index in [2.05, 4.69) is 37.0 Å². The Hall–Kier alpha value is -1.55. The molecule has 0 aromatic heterocycles.